The van der Waals surface area contributed by atoms with Gasteiger partial charge in [0.1, 0.15) is 0 Å². The second kappa shape index (κ2) is 8.64. The highest BCUT2D eigenvalue weighted by molar-refractivity contribution is 5.76. The van der Waals surface area contributed by atoms with Gasteiger partial charge in [-0.1, -0.05) is 30.3 Å². The monoisotopic (exact) mass is 326 g/mol. The van der Waals surface area contributed by atoms with Crippen LogP contribution in [0, 0.1) is 0 Å². The first-order chi connectivity index (χ1) is 11.8. The summed E-state index contributed by atoms with van der Waals surface area (Å²) >= 11 is 0. The Labute approximate surface area is 143 Å². The Balaban J connectivity index is 1.39. The van der Waals surface area contributed by atoms with Crippen molar-refractivity contribution in [2.24, 2.45) is 0 Å². The molecule has 1 aromatic heterocycles. The molecule has 0 bridgehead atoms. The average Bonchev–Trinajstić information content (AvgIpc) is 3.13. The zero-order valence-corrected chi connectivity index (χ0v) is 14.1. The minimum Gasteiger partial charge on any atom is -0.352 e. The first kappa shape index (κ1) is 16.7. The number of carbonyl (C=O) groups is 1. The smallest absolute Gasteiger partial charge is 0.222 e. The molecule has 0 unspecified atom stereocenters. The van der Waals surface area contributed by atoms with Crippen molar-refractivity contribution in [3.8, 4) is 0 Å². The SMILES string of the molecule is O=C(CCn1cccn1)N[C@H]1CCCN(CCc2ccccc2)C1. The van der Waals surface area contributed by atoms with Crippen molar-refractivity contribution >= 4 is 5.91 Å². The van der Waals surface area contributed by atoms with Crippen LogP contribution in [0.15, 0.2) is 48.8 Å². The second-order valence-electron chi connectivity index (χ2n) is 6.46. The molecule has 24 heavy (non-hydrogen) atoms. The molecule has 1 aromatic carbocycles. The lowest BCUT2D eigenvalue weighted by Gasteiger charge is -2.33. The van der Waals surface area contributed by atoms with Crippen LogP contribution in [0.4, 0.5) is 0 Å². The molecule has 1 N–H and O–H groups in total. The van der Waals surface area contributed by atoms with Gasteiger partial charge in [0.2, 0.25) is 5.91 Å². The molecular formula is C19H26N4O. The number of hydrogen-bond donors (Lipinski definition) is 1. The lowest BCUT2D eigenvalue weighted by atomic mass is 10.0. The Kier molecular flexibility index (Phi) is 6.01. The van der Waals surface area contributed by atoms with Crippen LogP contribution in [0.3, 0.4) is 0 Å². The van der Waals surface area contributed by atoms with Crippen LogP contribution in [-0.2, 0) is 17.8 Å². The van der Waals surface area contributed by atoms with E-state index in [0.29, 0.717) is 13.0 Å². The Bertz CT molecular complexity index is 612. The van der Waals surface area contributed by atoms with Gasteiger partial charge in [-0.2, -0.15) is 5.10 Å². The summed E-state index contributed by atoms with van der Waals surface area (Å²) in [6, 6.07) is 12.8. The number of nitrogens with zero attached hydrogens (tertiary/aromatic N) is 3. The van der Waals surface area contributed by atoms with Crippen molar-refractivity contribution in [1.29, 1.82) is 0 Å². The zero-order chi connectivity index (χ0) is 16.6. The average molecular weight is 326 g/mol. The minimum atomic E-state index is 0.125. The number of rotatable bonds is 7. The van der Waals surface area contributed by atoms with Gasteiger partial charge in [-0.05, 0) is 37.4 Å². The van der Waals surface area contributed by atoms with Crippen LogP contribution in [0.25, 0.3) is 0 Å². The van der Waals surface area contributed by atoms with Gasteiger partial charge in [-0.25, -0.2) is 0 Å². The summed E-state index contributed by atoms with van der Waals surface area (Å²) in [7, 11) is 0. The molecule has 1 saturated heterocycles. The Hall–Kier alpha value is -2.14. The molecule has 2 heterocycles. The van der Waals surface area contributed by atoms with Crippen LogP contribution in [-0.4, -0.2) is 46.3 Å². The number of nitrogens with one attached hydrogen (secondary N) is 1. The molecule has 5 nitrogen and oxygen atoms in total. The zero-order valence-electron chi connectivity index (χ0n) is 14.1. The maximum atomic E-state index is 12.1. The van der Waals surface area contributed by atoms with Gasteiger partial charge < -0.3 is 10.2 Å². The van der Waals surface area contributed by atoms with E-state index in [-0.39, 0.29) is 11.9 Å². The molecule has 1 amide bonds. The summed E-state index contributed by atoms with van der Waals surface area (Å²) in [5.41, 5.74) is 1.38. The number of amides is 1. The Morgan fingerprint density at radius 2 is 2.08 bits per heavy atom. The highest BCUT2D eigenvalue weighted by atomic mass is 16.1. The number of hydrogen-bond acceptors (Lipinski definition) is 3. The summed E-state index contributed by atoms with van der Waals surface area (Å²) in [4.78, 5) is 14.6. The summed E-state index contributed by atoms with van der Waals surface area (Å²) in [6.07, 6.45) is 7.42. The molecule has 2 aromatic rings. The van der Waals surface area contributed by atoms with E-state index in [9.17, 15) is 4.79 Å². The molecule has 128 valence electrons. The molecular weight excluding hydrogens is 300 g/mol. The fourth-order valence-corrected chi connectivity index (χ4v) is 3.26. The molecule has 1 atom stereocenters. The van der Waals surface area contributed by atoms with E-state index in [2.05, 4.69) is 45.6 Å². The summed E-state index contributed by atoms with van der Waals surface area (Å²) in [5, 5.41) is 7.32. The third kappa shape index (κ3) is 5.20. The van der Waals surface area contributed by atoms with Crippen molar-refractivity contribution in [3.63, 3.8) is 0 Å². The third-order valence-electron chi connectivity index (χ3n) is 4.56. The maximum absolute atomic E-state index is 12.1. The van der Waals surface area contributed by atoms with Gasteiger partial charge in [0.05, 0.1) is 0 Å². The van der Waals surface area contributed by atoms with E-state index in [0.717, 1.165) is 38.9 Å². The van der Waals surface area contributed by atoms with Crippen molar-refractivity contribution in [1.82, 2.24) is 20.0 Å². The fraction of sp³-hybridized carbons (Fsp3) is 0.474. The second-order valence-corrected chi connectivity index (χ2v) is 6.46. The Morgan fingerprint density at radius 3 is 2.88 bits per heavy atom. The normalized spacial score (nSPS) is 18.4. The van der Waals surface area contributed by atoms with Crippen LogP contribution >= 0.6 is 0 Å². The fourth-order valence-electron chi connectivity index (χ4n) is 3.26. The lowest BCUT2D eigenvalue weighted by molar-refractivity contribution is -0.122. The first-order valence-corrected chi connectivity index (χ1v) is 8.83. The van der Waals surface area contributed by atoms with E-state index in [1.54, 1.807) is 10.9 Å². The molecule has 3 rings (SSSR count). The number of piperidine rings is 1. The largest absolute Gasteiger partial charge is 0.352 e. The van der Waals surface area contributed by atoms with E-state index in [1.165, 1.54) is 5.56 Å². The summed E-state index contributed by atoms with van der Waals surface area (Å²) < 4.78 is 1.80. The van der Waals surface area contributed by atoms with Crippen molar-refractivity contribution in [2.75, 3.05) is 19.6 Å². The first-order valence-electron chi connectivity index (χ1n) is 8.83. The van der Waals surface area contributed by atoms with Crippen LogP contribution in [0.2, 0.25) is 0 Å². The molecule has 0 aliphatic carbocycles. The predicted octanol–water partition coefficient (Wildman–Crippen LogP) is 2.10. The van der Waals surface area contributed by atoms with E-state index in [1.807, 2.05) is 12.3 Å². The predicted molar refractivity (Wildman–Crippen MR) is 94.6 cm³/mol. The van der Waals surface area contributed by atoms with Crippen molar-refractivity contribution < 1.29 is 4.79 Å². The topological polar surface area (TPSA) is 50.2 Å². The Morgan fingerprint density at radius 1 is 1.21 bits per heavy atom. The standard InChI is InChI=1S/C19H26N4O/c24-19(10-15-23-13-5-11-20-23)21-18-8-4-12-22(16-18)14-9-17-6-2-1-3-7-17/h1-3,5-7,11,13,18H,4,8-10,12,14-16H2,(H,21,24)/t18-/m0/s1. The molecule has 5 heteroatoms. The molecule has 1 aliphatic heterocycles. The van der Waals surface area contributed by atoms with Gasteiger partial charge in [0, 0.05) is 44.5 Å². The van der Waals surface area contributed by atoms with Gasteiger partial charge in [0.15, 0.2) is 0 Å². The number of aromatic nitrogens is 2. The third-order valence-corrected chi connectivity index (χ3v) is 4.56. The number of likely N-dealkylation sites (tertiary alicyclic amines) is 1. The summed E-state index contributed by atoms with van der Waals surface area (Å²) in [5.74, 6) is 0.125. The number of benzene rings is 1. The van der Waals surface area contributed by atoms with E-state index in [4.69, 9.17) is 0 Å². The van der Waals surface area contributed by atoms with Crippen LogP contribution < -0.4 is 5.32 Å². The van der Waals surface area contributed by atoms with Crippen LogP contribution in [0.5, 0.6) is 0 Å². The van der Waals surface area contributed by atoms with Gasteiger partial charge >= 0.3 is 0 Å². The molecule has 1 aliphatic rings. The van der Waals surface area contributed by atoms with Crippen LogP contribution in [0.1, 0.15) is 24.8 Å². The van der Waals surface area contributed by atoms with Gasteiger partial charge in [0.25, 0.3) is 0 Å². The number of aryl methyl sites for hydroxylation is 1. The summed E-state index contributed by atoms with van der Waals surface area (Å²) in [6.45, 7) is 3.79. The molecule has 0 saturated carbocycles. The molecule has 0 radical (unpaired) electrons. The van der Waals surface area contributed by atoms with E-state index < -0.39 is 0 Å². The molecule has 0 spiro atoms. The van der Waals surface area contributed by atoms with Gasteiger partial charge in [-0.15, -0.1) is 0 Å². The highest BCUT2D eigenvalue weighted by Crippen LogP contribution is 2.11. The van der Waals surface area contributed by atoms with E-state index >= 15 is 0 Å². The lowest BCUT2D eigenvalue weighted by Crippen LogP contribution is -2.48. The minimum absolute atomic E-state index is 0.125. The number of carbonyl (C=O) groups excluding carboxylic acids is 1. The highest BCUT2D eigenvalue weighted by Gasteiger charge is 2.21. The van der Waals surface area contributed by atoms with Crippen molar-refractivity contribution in [2.45, 2.75) is 38.3 Å². The molecule has 1 fully saturated rings. The van der Waals surface area contributed by atoms with Gasteiger partial charge in [-0.3, -0.25) is 9.48 Å². The quantitative estimate of drug-likeness (QED) is 0.848. The maximum Gasteiger partial charge on any atom is 0.222 e. The van der Waals surface area contributed by atoms with Crippen molar-refractivity contribution in [3.05, 3.63) is 54.4 Å².